The lowest BCUT2D eigenvalue weighted by Crippen LogP contribution is -1.84. The van der Waals surface area contributed by atoms with E-state index in [2.05, 4.69) is 0 Å². The molecule has 2 aliphatic rings. The number of aliphatic hydroxyl groups is 1. The fourth-order valence-electron chi connectivity index (χ4n) is 1.46. The van der Waals surface area contributed by atoms with Crippen LogP contribution in [0.3, 0.4) is 0 Å². The van der Waals surface area contributed by atoms with Crippen molar-refractivity contribution < 1.29 is 9.52 Å². The van der Waals surface area contributed by atoms with Crippen molar-refractivity contribution in [2.75, 3.05) is 0 Å². The van der Waals surface area contributed by atoms with Gasteiger partial charge in [-0.15, -0.1) is 0 Å². The largest absolute Gasteiger partial charge is 0.464 e. The number of hydrogen-bond acceptors (Lipinski definition) is 2. The van der Waals surface area contributed by atoms with Crippen molar-refractivity contribution in [1.29, 1.82) is 0 Å². The normalized spacial score (nSPS) is 10.8. The first-order valence-electron chi connectivity index (χ1n) is 3.89. The maximum atomic E-state index is 9.06. The molecule has 1 aliphatic heterocycles. The van der Waals surface area contributed by atoms with Gasteiger partial charge in [0, 0.05) is 5.56 Å². The SMILES string of the molecule is Cc1cc2occcc-2c1CO. The highest BCUT2D eigenvalue weighted by molar-refractivity contribution is 5.68. The Kier molecular flexibility index (Phi) is 1.62. The molecule has 0 saturated carbocycles. The zero-order valence-corrected chi connectivity index (χ0v) is 6.87. The lowest BCUT2D eigenvalue weighted by molar-refractivity contribution is 0.282. The van der Waals surface area contributed by atoms with Gasteiger partial charge in [0.25, 0.3) is 0 Å². The lowest BCUT2D eigenvalue weighted by atomic mass is 10.1. The third-order valence-corrected chi connectivity index (χ3v) is 2.11. The van der Waals surface area contributed by atoms with Crippen molar-refractivity contribution in [3.05, 3.63) is 35.6 Å². The summed E-state index contributed by atoms with van der Waals surface area (Å²) in [4.78, 5) is 0. The Balaban J connectivity index is 2.71. The summed E-state index contributed by atoms with van der Waals surface area (Å²) in [7, 11) is 0. The minimum Gasteiger partial charge on any atom is -0.464 e. The van der Waals surface area contributed by atoms with Crippen LogP contribution in [0.5, 0.6) is 0 Å². The Morgan fingerprint density at radius 1 is 1.50 bits per heavy atom. The first-order chi connectivity index (χ1) is 5.83. The Labute approximate surface area is 70.8 Å². The molecule has 62 valence electrons. The maximum absolute atomic E-state index is 9.06. The highest BCUT2D eigenvalue weighted by Gasteiger charge is 2.13. The Bertz CT molecular complexity index is 362. The molecule has 0 amide bonds. The molecule has 0 spiro atoms. The van der Waals surface area contributed by atoms with Gasteiger partial charge in [0.2, 0.25) is 0 Å². The summed E-state index contributed by atoms with van der Waals surface area (Å²) in [5.74, 6) is 0.846. The van der Waals surface area contributed by atoms with Crippen LogP contribution in [-0.2, 0) is 6.61 Å². The van der Waals surface area contributed by atoms with Gasteiger partial charge in [0.05, 0.1) is 12.9 Å². The molecule has 0 aromatic heterocycles. The first kappa shape index (κ1) is 7.37. The van der Waals surface area contributed by atoms with E-state index in [0.717, 1.165) is 22.5 Å². The molecule has 12 heavy (non-hydrogen) atoms. The molecule has 0 atom stereocenters. The van der Waals surface area contributed by atoms with Crippen LogP contribution in [0.15, 0.2) is 28.9 Å². The van der Waals surface area contributed by atoms with E-state index >= 15 is 0 Å². The van der Waals surface area contributed by atoms with Crippen LogP contribution in [0, 0.1) is 6.92 Å². The van der Waals surface area contributed by atoms with E-state index in [4.69, 9.17) is 9.52 Å². The van der Waals surface area contributed by atoms with E-state index in [9.17, 15) is 0 Å². The lowest BCUT2D eigenvalue weighted by Gasteiger charge is -1.99. The number of rotatable bonds is 1. The molecule has 0 bridgehead atoms. The van der Waals surface area contributed by atoms with Crippen molar-refractivity contribution in [1.82, 2.24) is 0 Å². The minimum atomic E-state index is 0.0782. The number of aliphatic hydroxyl groups excluding tert-OH is 1. The highest BCUT2D eigenvalue weighted by atomic mass is 16.3. The van der Waals surface area contributed by atoms with Crippen LogP contribution in [0.25, 0.3) is 11.3 Å². The molecule has 1 aliphatic carbocycles. The number of fused-ring (bicyclic) bond motifs is 1. The van der Waals surface area contributed by atoms with Crippen LogP contribution in [0.1, 0.15) is 11.1 Å². The summed E-state index contributed by atoms with van der Waals surface area (Å²) in [5, 5.41) is 9.06. The summed E-state index contributed by atoms with van der Waals surface area (Å²) >= 11 is 0. The van der Waals surface area contributed by atoms with Gasteiger partial charge >= 0.3 is 0 Å². The summed E-state index contributed by atoms with van der Waals surface area (Å²) in [6.07, 6.45) is 1.64. The molecular weight excluding hydrogens is 152 g/mol. The third-order valence-electron chi connectivity index (χ3n) is 2.11. The number of aryl methyl sites for hydroxylation is 1. The molecule has 0 saturated heterocycles. The maximum Gasteiger partial charge on any atom is 0.134 e. The molecule has 2 heteroatoms. The zero-order valence-electron chi connectivity index (χ0n) is 6.87. The van der Waals surface area contributed by atoms with Crippen LogP contribution in [0.2, 0.25) is 0 Å². The zero-order chi connectivity index (χ0) is 8.55. The van der Waals surface area contributed by atoms with Crippen LogP contribution in [-0.4, -0.2) is 5.11 Å². The molecule has 0 radical (unpaired) electrons. The average molecular weight is 162 g/mol. The molecule has 0 aromatic carbocycles. The number of hydrogen-bond donors (Lipinski definition) is 1. The second-order valence-electron chi connectivity index (χ2n) is 2.85. The predicted octanol–water partition coefficient (Wildman–Crippen LogP) is 2.19. The molecule has 0 aromatic rings. The molecule has 2 rings (SSSR count). The van der Waals surface area contributed by atoms with E-state index in [-0.39, 0.29) is 6.61 Å². The minimum absolute atomic E-state index is 0.0782. The average Bonchev–Trinajstić information content (AvgIpc) is 2.40. The van der Waals surface area contributed by atoms with Crippen molar-refractivity contribution in [3.63, 3.8) is 0 Å². The van der Waals surface area contributed by atoms with E-state index in [1.165, 1.54) is 0 Å². The molecule has 0 unspecified atom stereocenters. The van der Waals surface area contributed by atoms with E-state index in [1.807, 2.05) is 25.1 Å². The standard InChI is InChI=1S/C10H10O2/c1-7-5-10-8(9(7)6-11)3-2-4-12-10/h2-5,11H,6H2,1H3. The van der Waals surface area contributed by atoms with Gasteiger partial charge in [-0.2, -0.15) is 0 Å². The van der Waals surface area contributed by atoms with Gasteiger partial charge in [-0.05, 0) is 36.2 Å². The van der Waals surface area contributed by atoms with Gasteiger partial charge in [-0.3, -0.25) is 0 Å². The first-order valence-corrected chi connectivity index (χ1v) is 3.89. The summed E-state index contributed by atoms with van der Waals surface area (Å²) in [6.45, 7) is 2.05. The second-order valence-corrected chi connectivity index (χ2v) is 2.85. The monoisotopic (exact) mass is 162 g/mol. The fraction of sp³-hybridized carbons (Fsp3) is 0.200. The van der Waals surface area contributed by atoms with E-state index in [1.54, 1.807) is 6.26 Å². The van der Waals surface area contributed by atoms with Gasteiger partial charge in [0.1, 0.15) is 5.76 Å². The van der Waals surface area contributed by atoms with E-state index in [0.29, 0.717) is 0 Å². The Morgan fingerprint density at radius 3 is 3.08 bits per heavy atom. The van der Waals surface area contributed by atoms with Crippen molar-refractivity contribution in [2.45, 2.75) is 13.5 Å². The predicted molar refractivity (Wildman–Crippen MR) is 46.0 cm³/mol. The second kappa shape index (κ2) is 2.64. The quantitative estimate of drug-likeness (QED) is 0.697. The third kappa shape index (κ3) is 0.924. The molecular formula is C10H10O2. The topological polar surface area (TPSA) is 33.4 Å². The Hall–Kier alpha value is -1.28. The Morgan fingerprint density at radius 2 is 2.33 bits per heavy atom. The van der Waals surface area contributed by atoms with Crippen molar-refractivity contribution in [2.24, 2.45) is 0 Å². The summed E-state index contributed by atoms with van der Waals surface area (Å²) in [6, 6.07) is 5.74. The smallest absolute Gasteiger partial charge is 0.134 e. The van der Waals surface area contributed by atoms with E-state index < -0.39 is 0 Å². The van der Waals surface area contributed by atoms with Gasteiger partial charge < -0.3 is 9.52 Å². The van der Waals surface area contributed by atoms with Crippen LogP contribution in [0.4, 0.5) is 0 Å². The van der Waals surface area contributed by atoms with Crippen molar-refractivity contribution >= 4 is 0 Å². The molecule has 0 fully saturated rings. The van der Waals surface area contributed by atoms with Crippen LogP contribution < -0.4 is 0 Å². The summed E-state index contributed by atoms with van der Waals surface area (Å²) < 4.78 is 5.26. The molecule has 1 heterocycles. The summed E-state index contributed by atoms with van der Waals surface area (Å²) in [5.41, 5.74) is 3.06. The molecule has 2 nitrogen and oxygen atoms in total. The fourth-order valence-corrected chi connectivity index (χ4v) is 1.46. The highest BCUT2D eigenvalue weighted by Crippen LogP contribution is 2.30. The van der Waals surface area contributed by atoms with Gasteiger partial charge in [-0.25, -0.2) is 0 Å². The molecule has 1 N–H and O–H groups in total. The van der Waals surface area contributed by atoms with Crippen molar-refractivity contribution in [3.8, 4) is 11.3 Å². The van der Waals surface area contributed by atoms with Crippen LogP contribution >= 0.6 is 0 Å². The van der Waals surface area contributed by atoms with Gasteiger partial charge in [-0.1, -0.05) is 0 Å². The van der Waals surface area contributed by atoms with Gasteiger partial charge in [0.15, 0.2) is 0 Å².